The maximum Gasteiger partial charge on any atom is 0.410 e. The van der Waals surface area contributed by atoms with Crippen molar-refractivity contribution in [2.24, 2.45) is 11.8 Å². The van der Waals surface area contributed by atoms with Gasteiger partial charge >= 0.3 is 6.09 Å². The molecule has 1 atom stereocenters. The van der Waals surface area contributed by atoms with E-state index in [0.29, 0.717) is 32.8 Å². The van der Waals surface area contributed by atoms with Crippen LogP contribution in [0.5, 0.6) is 0 Å². The van der Waals surface area contributed by atoms with E-state index in [9.17, 15) is 14.0 Å². The van der Waals surface area contributed by atoms with E-state index in [1.807, 2.05) is 31.9 Å². The van der Waals surface area contributed by atoms with E-state index < -0.39 is 11.1 Å². The van der Waals surface area contributed by atoms with Crippen molar-refractivity contribution < 1.29 is 28.0 Å². The highest BCUT2D eigenvalue weighted by atomic mass is 19.1. The van der Waals surface area contributed by atoms with E-state index >= 15 is 0 Å². The van der Waals surface area contributed by atoms with Gasteiger partial charge in [-0.3, -0.25) is 4.79 Å². The molecule has 2 saturated heterocycles. The minimum atomic E-state index is -0.587. The van der Waals surface area contributed by atoms with Crippen LogP contribution >= 0.6 is 0 Å². The predicted molar refractivity (Wildman–Crippen MR) is 147 cm³/mol. The van der Waals surface area contributed by atoms with Gasteiger partial charge in [0.2, 0.25) is 11.4 Å². The lowest BCUT2D eigenvalue weighted by molar-refractivity contribution is -0.392. The van der Waals surface area contributed by atoms with Crippen molar-refractivity contribution >= 4 is 17.7 Å². The third-order valence-electron chi connectivity index (χ3n) is 7.87. The van der Waals surface area contributed by atoms with Crippen molar-refractivity contribution in [3.8, 4) is 0 Å². The third kappa shape index (κ3) is 5.19. The van der Waals surface area contributed by atoms with Crippen molar-refractivity contribution in [1.29, 1.82) is 0 Å². The van der Waals surface area contributed by atoms with Crippen LogP contribution in [-0.2, 0) is 14.3 Å². The second-order valence-electron chi connectivity index (χ2n) is 12.4. The molecule has 0 bridgehead atoms. The van der Waals surface area contributed by atoms with Gasteiger partial charge in [0.05, 0.1) is 25.3 Å². The quantitative estimate of drug-likeness (QED) is 0.517. The molecule has 1 unspecified atom stereocenters. The van der Waals surface area contributed by atoms with E-state index in [0.717, 1.165) is 29.0 Å². The number of hydrogen-bond acceptors (Lipinski definition) is 4. The van der Waals surface area contributed by atoms with Gasteiger partial charge in [0.1, 0.15) is 17.0 Å². The first kappa shape index (κ1) is 27.3. The number of nitrogens with zero attached hydrogens (tertiary/aromatic N) is 3. The zero-order chi connectivity index (χ0) is 28.1. The monoisotopic (exact) mass is 536 g/mol. The standard InChI is InChI=1S/C31H39FN3O4/c1-20(2)24-15-27(22-8-10-23(32)11-9-22)34-16-25(21(3)7-12-26(24)34)28(36)35-14-13-33(17-31(35)18-38-19-31)29(37)39-30(4,5)6/h8-12,15-16,20-21H,7,13-14,17-19H2,1-6H3/q+1. The molecule has 5 rings (SSSR count). The average molecular weight is 537 g/mol. The number of hydrogen-bond donors (Lipinski definition) is 0. The Labute approximate surface area is 230 Å². The second-order valence-corrected chi connectivity index (χ2v) is 12.4. The summed E-state index contributed by atoms with van der Waals surface area (Å²) in [6.45, 7) is 13.9. The maximum atomic E-state index is 14.3. The highest BCUT2D eigenvalue weighted by molar-refractivity contribution is 6.08. The fraction of sp³-hybridized carbons (Fsp3) is 0.516. The summed E-state index contributed by atoms with van der Waals surface area (Å²) in [4.78, 5) is 30.7. The molecule has 1 spiro atoms. The number of piperazine rings is 1. The van der Waals surface area contributed by atoms with Crippen LogP contribution in [0.15, 0.2) is 59.5 Å². The Kier molecular flexibility index (Phi) is 7.04. The first-order valence-electron chi connectivity index (χ1n) is 13.8. The van der Waals surface area contributed by atoms with Crippen molar-refractivity contribution in [3.05, 3.63) is 70.8 Å². The van der Waals surface area contributed by atoms with Crippen molar-refractivity contribution in [2.45, 2.75) is 59.1 Å². The molecule has 7 nitrogen and oxygen atoms in total. The Bertz CT molecular complexity index is 1300. The lowest BCUT2D eigenvalue weighted by atomic mass is 9.88. The molecule has 0 saturated carbocycles. The van der Waals surface area contributed by atoms with Gasteiger partial charge in [0, 0.05) is 30.3 Å². The molecule has 4 heterocycles. The van der Waals surface area contributed by atoms with Gasteiger partial charge in [0.15, 0.2) is 6.20 Å². The van der Waals surface area contributed by atoms with Gasteiger partial charge in [-0.1, -0.05) is 20.8 Å². The predicted octanol–water partition coefficient (Wildman–Crippen LogP) is 4.88. The van der Waals surface area contributed by atoms with Crippen LogP contribution < -0.4 is 0 Å². The molecule has 8 heteroatoms. The van der Waals surface area contributed by atoms with Crippen LogP contribution in [0, 0.1) is 17.7 Å². The van der Waals surface area contributed by atoms with Crippen molar-refractivity contribution in [3.63, 3.8) is 0 Å². The molecule has 2 amide bonds. The summed E-state index contributed by atoms with van der Waals surface area (Å²) >= 11 is 0. The number of carbonyl (C=O) groups is 2. The Hall–Kier alpha value is -3.26. The van der Waals surface area contributed by atoms with E-state index in [1.54, 1.807) is 17.0 Å². The van der Waals surface area contributed by atoms with Crippen LogP contribution in [-0.4, -0.2) is 76.1 Å². The number of amides is 2. The summed E-state index contributed by atoms with van der Waals surface area (Å²) in [6, 6.07) is 6.49. The Morgan fingerprint density at radius 3 is 2.44 bits per heavy atom. The van der Waals surface area contributed by atoms with E-state index in [-0.39, 0.29) is 29.7 Å². The molecule has 208 valence electrons. The molecule has 1 aromatic carbocycles. The molecule has 39 heavy (non-hydrogen) atoms. The Morgan fingerprint density at radius 2 is 1.85 bits per heavy atom. The molecule has 4 aliphatic rings. The molecule has 2 fully saturated rings. The molecule has 0 aromatic heterocycles. The summed E-state index contributed by atoms with van der Waals surface area (Å²) in [5, 5.41) is 0. The van der Waals surface area contributed by atoms with Crippen LogP contribution in [0.4, 0.5) is 9.18 Å². The van der Waals surface area contributed by atoms with E-state index in [1.165, 1.54) is 17.7 Å². The SMILES string of the molecule is CC(C)C1=CC(c2ccc(F)cc2)=[N+]2C=C(C(=O)N3CCN(C(=O)OC(C)(C)C)CC34COC4)C(C)CC=C12. The van der Waals surface area contributed by atoms with Gasteiger partial charge in [0.25, 0.3) is 5.91 Å². The molecular weight excluding hydrogens is 497 g/mol. The topological polar surface area (TPSA) is 62.1 Å². The van der Waals surface area contributed by atoms with E-state index in [2.05, 4.69) is 37.5 Å². The fourth-order valence-corrected chi connectivity index (χ4v) is 5.69. The molecule has 0 aliphatic carbocycles. The maximum absolute atomic E-state index is 14.3. The zero-order valence-corrected chi connectivity index (χ0v) is 23.8. The highest BCUT2D eigenvalue weighted by Gasteiger charge is 2.52. The summed E-state index contributed by atoms with van der Waals surface area (Å²) in [5.41, 5.74) is 3.67. The number of halogens is 1. The number of rotatable bonds is 3. The van der Waals surface area contributed by atoms with E-state index in [4.69, 9.17) is 9.47 Å². The Morgan fingerprint density at radius 1 is 1.15 bits per heavy atom. The molecule has 4 aliphatic heterocycles. The first-order chi connectivity index (χ1) is 18.4. The minimum absolute atomic E-state index is 0.000380. The van der Waals surface area contributed by atoms with Crippen LogP contribution in [0.3, 0.4) is 0 Å². The first-order valence-corrected chi connectivity index (χ1v) is 13.8. The lowest BCUT2D eigenvalue weighted by Gasteiger charge is -2.55. The van der Waals surface area contributed by atoms with Crippen LogP contribution in [0.1, 0.15) is 53.5 Å². The molecule has 1 aromatic rings. The average Bonchev–Trinajstić information content (AvgIpc) is 3.12. The van der Waals surface area contributed by atoms with Gasteiger partial charge in [-0.25, -0.2) is 9.18 Å². The smallest absolute Gasteiger partial charge is 0.410 e. The summed E-state index contributed by atoms with van der Waals surface area (Å²) < 4.78 is 27.0. The summed E-state index contributed by atoms with van der Waals surface area (Å²) in [5.74, 6) is -0.0225. The van der Waals surface area contributed by atoms with Gasteiger partial charge in [-0.2, -0.15) is 4.58 Å². The molecular formula is C31H39FN3O4+. The summed E-state index contributed by atoms with van der Waals surface area (Å²) in [7, 11) is 0. The number of benzene rings is 1. The second kappa shape index (κ2) is 10.0. The van der Waals surface area contributed by atoms with Gasteiger partial charge < -0.3 is 19.3 Å². The van der Waals surface area contributed by atoms with Crippen molar-refractivity contribution in [1.82, 2.24) is 9.80 Å². The normalized spacial score (nSPS) is 22.7. The van der Waals surface area contributed by atoms with Crippen molar-refractivity contribution in [2.75, 3.05) is 32.8 Å². The van der Waals surface area contributed by atoms with Crippen LogP contribution in [0.2, 0.25) is 0 Å². The van der Waals surface area contributed by atoms with Crippen LogP contribution in [0.25, 0.3) is 0 Å². The van der Waals surface area contributed by atoms with Gasteiger partial charge in [-0.15, -0.1) is 0 Å². The van der Waals surface area contributed by atoms with Gasteiger partial charge in [-0.05, 0) is 69.4 Å². The third-order valence-corrected chi connectivity index (χ3v) is 7.87. The summed E-state index contributed by atoms with van der Waals surface area (Å²) in [6.07, 6.45) is 6.71. The fourth-order valence-electron chi connectivity index (χ4n) is 5.69. The Balaban J connectivity index is 1.48. The molecule has 0 N–H and O–H groups in total. The minimum Gasteiger partial charge on any atom is -0.444 e. The highest BCUT2D eigenvalue weighted by Crippen LogP contribution is 2.37. The number of carbonyl (C=O) groups excluding carboxylic acids is 2. The molecule has 0 radical (unpaired) electrons. The number of fused-ring (bicyclic) bond motifs is 1. The largest absolute Gasteiger partial charge is 0.444 e. The number of allylic oxidation sites excluding steroid dienone is 3. The number of ether oxygens (including phenoxy) is 2. The zero-order valence-electron chi connectivity index (χ0n) is 23.8. The lowest BCUT2D eigenvalue weighted by Crippen LogP contribution is -2.73.